The summed E-state index contributed by atoms with van der Waals surface area (Å²) in [6.07, 6.45) is 100. The van der Waals surface area contributed by atoms with Crippen LogP contribution in [0, 0.1) is 0 Å². The van der Waals surface area contributed by atoms with E-state index in [2.05, 4.69) is 167 Å². The van der Waals surface area contributed by atoms with Crippen LogP contribution in [0.25, 0.3) is 0 Å². The van der Waals surface area contributed by atoms with Crippen molar-refractivity contribution in [3.63, 3.8) is 0 Å². The van der Waals surface area contributed by atoms with E-state index in [0.29, 0.717) is 32.1 Å². The number of ether oxygens (including phenoxy) is 3. The van der Waals surface area contributed by atoms with Gasteiger partial charge in [0.25, 0.3) is 0 Å². The highest BCUT2D eigenvalue weighted by atomic mass is 31.2. The normalized spacial score (nSPS) is 14.8. The van der Waals surface area contributed by atoms with Gasteiger partial charge in [-0.05, 0) is 141 Å². The molecule has 16 nitrogen and oxygen atoms in total. The molecule has 0 aromatic carbocycles. The van der Waals surface area contributed by atoms with Crippen molar-refractivity contribution in [2.45, 2.75) is 322 Å². The number of hydrogen-bond donors (Lipinski definition) is 4. The Labute approximate surface area is 637 Å². The third-order valence-electron chi connectivity index (χ3n) is 16.4. The Hall–Kier alpha value is -5.09. The standard InChI is InChI=1S/C87H144O16P2/c1-4-7-10-13-16-19-22-25-28-31-32-33-34-35-36-37-38-39-40-41-42-43-44-45-46-47-48-51-53-55-58-61-64-67-70-73-85(90)97-76-82(88)77-99-104(93,94)100-78-83(89)79-101-105(95,96)102-81-84(103-87(92)75-72-69-66-63-60-57-54-50-30-27-24-21-18-15-12-9-6-3)80-98-86(91)74-71-68-65-62-59-56-52-49-29-26-23-20-17-14-11-8-5-2/h8-9,11-12,16-21,25-30,32-33,35-36,52,54,56-57,62-63,65-66,82-84,88-89H,4-7,10,13-15,22-24,31,34,37-51,53,55,58-61,64,67-81H2,1-3H3,(H,93,94)(H,95,96)/b11-8-,12-9-,19-16-,20-17-,21-18-,28-25-,29-26-,30-27-,33-32-,36-35-,56-52-,57-54-,65-62-,66-63-. The highest BCUT2D eigenvalue weighted by molar-refractivity contribution is 7.47. The van der Waals surface area contributed by atoms with Crippen LogP contribution in [-0.2, 0) is 55.8 Å². The Kier molecular flexibility index (Phi) is 74.7. The Morgan fingerprint density at radius 2 is 0.514 bits per heavy atom. The summed E-state index contributed by atoms with van der Waals surface area (Å²) in [5.41, 5.74) is 0. The van der Waals surface area contributed by atoms with Crippen LogP contribution in [0.3, 0.4) is 0 Å². The first kappa shape index (κ1) is 99.9. The summed E-state index contributed by atoms with van der Waals surface area (Å²) in [4.78, 5) is 58.6. The number of phosphoric acid groups is 2. The highest BCUT2D eigenvalue weighted by Crippen LogP contribution is 2.45. The second-order valence-corrected chi connectivity index (χ2v) is 29.4. The van der Waals surface area contributed by atoms with Crippen molar-refractivity contribution in [3.8, 4) is 0 Å². The molecule has 0 saturated carbocycles. The van der Waals surface area contributed by atoms with Crippen LogP contribution in [0.2, 0.25) is 0 Å². The second kappa shape index (κ2) is 78.5. The van der Waals surface area contributed by atoms with Gasteiger partial charge in [0.1, 0.15) is 25.4 Å². The first-order valence-corrected chi connectivity index (χ1v) is 43.4. The zero-order valence-electron chi connectivity index (χ0n) is 65.3. The third kappa shape index (κ3) is 79.8. The SMILES string of the molecule is CC/C=C\C/C=C\C/C=C\C/C=C\C/C=C\CCCC(=O)OCC(COP(=O)(O)OCC(O)COP(=O)(O)OCC(O)COC(=O)CCCCCCCCCCCCCCCCCCCCC/C=C\C/C=C\C/C=C\C/C=C\CCCCC)OC(=O)CCC/C=C\C/C=C\C/C=C\C/C=C\C/C=C\CC. The first-order chi connectivity index (χ1) is 51.2. The molecule has 0 aliphatic rings. The Morgan fingerprint density at radius 3 is 0.838 bits per heavy atom. The van der Waals surface area contributed by atoms with E-state index in [1.54, 1.807) is 0 Å². The maximum Gasteiger partial charge on any atom is 0.472 e. The fourth-order valence-corrected chi connectivity index (χ4v) is 11.9. The van der Waals surface area contributed by atoms with Crippen LogP contribution in [0.4, 0.5) is 0 Å². The van der Waals surface area contributed by atoms with Gasteiger partial charge < -0.3 is 34.2 Å². The number of carbonyl (C=O) groups is 3. The summed E-state index contributed by atoms with van der Waals surface area (Å²) in [5.74, 6) is -1.72. The largest absolute Gasteiger partial charge is 0.472 e. The predicted molar refractivity (Wildman–Crippen MR) is 435 cm³/mol. The first-order valence-electron chi connectivity index (χ1n) is 40.4. The van der Waals surface area contributed by atoms with Crippen LogP contribution >= 0.6 is 15.6 Å². The van der Waals surface area contributed by atoms with Crippen molar-refractivity contribution in [3.05, 3.63) is 170 Å². The van der Waals surface area contributed by atoms with Crippen LogP contribution in [0.1, 0.15) is 303 Å². The molecule has 0 heterocycles. The fourth-order valence-electron chi connectivity index (χ4n) is 10.3. The average molecular weight is 1510 g/mol. The molecule has 0 amide bonds. The molecule has 598 valence electrons. The topological polar surface area (TPSA) is 231 Å². The predicted octanol–water partition coefficient (Wildman–Crippen LogP) is 24.0. The molecule has 0 aromatic rings. The fraction of sp³-hybridized carbons (Fsp3) is 0.644. The minimum absolute atomic E-state index is 0.00816. The zero-order valence-corrected chi connectivity index (χ0v) is 67.1. The number of hydrogen-bond acceptors (Lipinski definition) is 14. The number of aliphatic hydroxyl groups excluding tert-OH is 2. The molecule has 5 atom stereocenters. The van der Waals surface area contributed by atoms with E-state index in [1.807, 2.05) is 24.3 Å². The number of phosphoric ester groups is 2. The molecule has 0 aliphatic carbocycles. The maximum atomic E-state index is 12.9. The van der Waals surface area contributed by atoms with Crippen molar-refractivity contribution >= 4 is 33.6 Å². The molecule has 0 rings (SSSR count). The van der Waals surface area contributed by atoms with Gasteiger partial charge in [-0.1, -0.05) is 313 Å². The summed E-state index contributed by atoms with van der Waals surface area (Å²) in [6.45, 7) is 2.28. The van der Waals surface area contributed by atoms with E-state index in [1.165, 1.54) is 128 Å². The van der Waals surface area contributed by atoms with E-state index in [9.17, 15) is 43.5 Å². The smallest absolute Gasteiger partial charge is 0.463 e. The lowest BCUT2D eigenvalue weighted by Crippen LogP contribution is -2.30. The van der Waals surface area contributed by atoms with E-state index in [0.717, 1.165) is 103 Å². The van der Waals surface area contributed by atoms with Gasteiger partial charge in [-0.25, -0.2) is 9.13 Å². The van der Waals surface area contributed by atoms with Gasteiger partial charge in [-0.15, -0.1) is 0 Å². The molecule has 0 saturated heterocycles. The van der Waals surface area contributed by atoms with Crippen molar-refractivity contribution in [1.82, 2.24) is 0 Å². The van der Waals surface area contributed by atoms with Crippen LogP contribution < -0.4 is 0 Å². The van der Waals surface area contributed by atoms with Gasteiger partial charge in [-0.2, -0.15) is 0 Å². The van der Waals surface area contributed by atoms with Gasteiger partial charge in [0.2, 0.25) is 0 Å². The highest BCUT2D eigenvalue weighted by Gasteiger charge is 2.29. The molecular formula is C87H144O16P2. The van der Waals surface area contributed by atoms with Crippen LogP contribution in [0.15, 0.2) is 170 Å². The lowest BCUT2D eigenvalue weighted by Gasteiger charge is -2.21. The average Bonchev–Trinajstić information content (AvgIpc) is 0.929. The molecule has 0 aliphatic heterocycles. The number of rotatable bonds is 75. The van der Waals surface area contributed by atoms with Crippen molar-refractivity contribution in [1.29, 1.82) is 0 Å². The number of allylic oxidation sites excluding steroid dienone is 28. The summed E-state index contributed by atoms with van der Waals surface area (Å²) < 4.78 is 61.0. The third-order valence-corrected chi connectivity index (χ3v) is 18.3. The lowest BCUT2D eigenvalue weighted by molar-refractivity contribution is -0.161. The maximum absolute atomic E-state index is 12.9. The molecule has 105 heavy (non-hydrogen) atoms. The number of unbranched alkanes of at least 4 members (excludes halogenated alkanes) is 24. The summed E-state index contributed by atoms with van der Waals surface area (Å²) >= 11 is 0. The summed E-state index contributed by atoms with van der Waals surface area (Å²) in [7, 11) is -9.83. The molecule has 18 heteroatoms. The Morgan fingerprint density at radius 1 is 0.276 bits per heavy atom. The minimum atomic E-state index is -4.96. The molecule has 0 fully saturated rings. The minimum Gasteiger partial charge on any atom is -0.463 e. The summed E-state index contributed by atoms with van der Waals surface area (Å²) in [6, 6.07) is 0. The number of aliphatic hydroxyl groups is 2. The zero-order chi connectivity index (χ0) is 76.6. The summed E-state index contributed by atoms with van der Waals surface area (Å²) in [5, 5.41) is 20.6. The molecular weight excluding hydrogens is 1360 g/mol. The van der Waals surface area contributed by atoms with Crippen LogP contribution in [0.5, 0.6) is 0 Å². The van der Waals surface area contributed by atoms with Crippen molar-refractivity contribution in [2.24, 2.45) is 0 Å². The van der Waals surface area contributed by atoms with Crippen LogP contribution in [-0.4, -0.2) is 95.9 Å². The van der Waals surface area contributed by atoms with Gasteiger partial charge >= 0.3 is 33.6 Å². The lowest BCUT2D eigenvalue weighted by atomic mass is 10.0. The quantitative estimate of drug-likeness (QED) is 0.0146. The van der Waals surface area contributed by atoms with E-state index in [-0.39, 0.29) is 19.3 Å². The van der Waals surface area contributed by atoms with E-state index < -0.39 is 91.5 Å². The van der Waals surface area contributed by atoms with Crippen molar-refractivity contribution in [2.75, 3.05) is 39.6 Å². The van der Waals surface area contributed by atoms with Gasteiger partial charge in [0.15, 0.2) is 6.10 Å². The second-order valence-electron chi connectivity index (χ2n) is 26.5. The van der Waals surface area contributed by atoms with Gasteiger partial charge in [-0.3, -0.25) is 32.5 Å². The monoisotopic (exact) mass is 1510 g/mol. The number of esters is 3. The molecule has 5 unspecified atom stereocenters. The number of carbonyl (C=O) groups excluding carboxylic acids is 3. The molecule has 0 bridgehead atoms. The molecule has 4 N–H and O–H groups in total. The molecule has 0 spiro atoms. The van der Waals surface area contributed by atoms with Gasteiger partial charge in [0.05, 0.1) is 26.4 Å². The van der Waals surface area contributed by atoms with E-state index >= 15 is 0 Å². The Balaban J connectivity index is 4.48. The van der Waals surface area contributed by atoms with Crippen molar-refractivity contribution < 1.29 is 75.8 Å². The Bertz CT molecular complexity index is 2590. The van der Waals surface area contributed by atoms with E-state index in [4.69, 9.17) is 32.3 Å². The molecule has 0 aromatic heterocycles. The van der Waals surface area contributed by atoms with Gasteiger partial charge in [0, 0.05) is 19.3 Å². The molecule has 0 radical (unpaired) electrons.